The zero-order valence-electron chi connectivity index (χ0n) is 44.4. The van der Waals surface area contributed by atoms with Gasteiger partial charge in [0.25, 0.3) is 11.6 Å². The maximum Gasteiger partial charge on any atom is 0.509 e. The van der Waals surface area contributed by atoms with Crippen LogP contribution in [0.2, 0.25) is 18.1 Å². The van der Waals surface area contributed by atoms with E-state index >= 15 is 4.79 Å². The quantitative estimate of drug-likeness (QED) is 0.0845. The minimum atomic E-state index is -2.73. The molecule has 0 radical (unpaired) electrons. The van der Waals surface area contributed by atoms with Gasteiger partial charge in [0.15, 0.2) is 45.0 Å². The highest BCUT2D eigenvalue weighted by Gasteiger charge is 2.94. The Morgan fingerprint density at radius 3 is 2.15 bits per heavy atom. The van der Waals surface area contributed by atoms with Gasteiger partial charge >= 0.3 is 18.1 Å². The summed E-state index contributed by atoms with van der Waals surface area (Å²) in [5.41, 5.74) is -3.71. The van der Waals surface area contributed by atoms with Crippen LogP contribution in [0.5, 0.6) is 17.2 Å². The Labute approximate surface area is 429 Å². The number of hydrogen-bond donors (Lipinski definition) is 2. The second-order valence-electron chi connectivity index (χ2n) is 22.5. The van der Waals surface area contributed by atoms with Gasteiger partial charge in [-0.3, -0.25) is 14.4 Å². The molecule has 0 amide bonds. The largest absolute Gasteiger partial charge is 0.509 e. The molecule has 16 atom stereocenters. The van der Waals surface area contributed by atoms with Crippen molar-refractivity contribution < 1.29 is 105 Å². The Morgan fingerprint density at radius 1 is 0.905 bits per heavy atom. The summed E-state index contributed by atoms with van der Waals surface area (Å²) in [6.07, 6.45) is -14.1. The van der Waals surface area contributed by atoms with Gasteiger partial charge in [-0.2, -0.15) is 0 Å². The number of methoxy groups -OCH3 is 3. The first-order valence-electron chi connectivity index (χ1n) is 25.0. The van der Waals surface area contributed by atoms with E-state index in [9.17, 15) is 24.6 Å². The number of ether oxygens (including phenoxy) is 15. The summed E-state index contributed by atoms with van der Waals surface area (Å²) in [6.45, 7) is 20.9. The van der Waals surface area contributed by atoms with Gasteiger partial charge in [-0.05, 0) is 64.4 Å². The zero-order chi connectivity index (χ0) is 53.8. The van der Waals surface area contributed by atoms with Crippen molar-refractivity contribution in [3.63, 3.8) is 0 Å². The number of fused-ring (bicyclic) bond motifs is 8. The number of carbonyl (C=O) groups excluding carboxylic acids is 4. The van der Waals surface area contributed by atoms with Crippen LogP contribution >= 0.6 is 0 Å². The molecular formula is C51H68O22Si. The Bertz CT molecular complexity index is 2660. The van der Waals surface area contributed by atoms with Gasteiger partial charge in [0, 0.05) is 63.8 Å². The number of aliphatic hydroxyl groups is 1. The molecule has 2 N–H and O–H groups in total. The van der Waals surface area contributed by atoms with Crippen LogP contribution < -0.4 is 9.47 Å². The van der Waals surface area contributed by atoms with E-state index in [-0.39, 0.29) is 58.9 Å². The number of phenolic OH excluding ortho intramolecular Hbond substituents is 1. The number of carbonyl (C=O) groups is 4. The van der Waals surface area contributed by atoms with Crippen molar-refractivity contribution in [3.8, 4) is 17.2 Å². The van der Waals surface area contributed by atoms with Crippen LogP contribution in [0.4, 0.5) is 4.79 Å². The van der Waals surface area contributed by atoms with E-state index < -0.39 is 140 Å². The first-order chi connectivity index (χ1) is 34.6. The third-order valence-electron chi connectivity index (χ3n) is 16.9. The highest BCUT2D eigenvalue weighted by Crippen LogP contribution is 2.73. The highest BCUT2D eigenvalue weighted by atomic mass is 28.4. The number of aromatic hydroxyl groups is 1. The molecule has 0 aromatic heterocycles. The fraction of sp³-hybridized carbons (Fsp3) is 0.725. The van der Waals surface area contributed by atoms with E-state index in [1.807, 2.05) is 40.8 Å². The molecule has 7 heterocycles. The fourth-order valence-corrected chi connectivity index (χ4v) is 13.7. The molecule has 1 aliphatic carbocycles. The monoisotopic (exact) mass is 1060 g/mol. The van der Waals surface area contributed by atoms with Crippen molar-refractivity contribution in [2.45, 2.75) is 209 Å². The molecule has 6 saturated heterocycles. The highest BCUT2D eigenvalue weighted by molar-refractivity contribution is 6.74. The van der Waals surface area contributed by atoms with E-state index in [1.54, 1.807) is 26.8 Å². The van der Waals surface area contributed by atoms with E-state index in [2.05, 4.69) is 0 Å². The number of cyclic esters (lactones) is 1. The van der Waals surface area contributed by atoms with Crippen molar-refractivity contribution in [1.82, 2.24) is 0 Å². The molecule has 3 unspecified atom stereocenters. The van der Waals surface area contributed by atoms with Crippen molar-refractivity contribution >= 4 is 43.0 Å². The number of Topliss-reactive ketones (excluding diaryl/α,β-unsaturated/α-hetero) is 1. The summed E-state index contributed by atoms with van der Waals surface area (Å²) >= 11 is 0. The van der Waals surface area contributed by atoms with E-state index in [1.165, 1.54) is 42.1 Å². The molecule has 10 rings (SSSR count). The van der Waals surface area contributed by atoms with Gasteiger partial charge in [-0.25, -0.2) is 4.79 Å². The van der Waals surface area contributed by atoms with Crippen molar-refractivity contribution in [2.75, 3.05) is 27.9 Å². The summed E-state index contributed by atoms with van der Waals surface area (Å²) in [7, 11) is 1.55. The third-order valence-corrected chi connectivity index (χ3v) is 21.3. The second-order valence-corrected chi connectivity index (χ2v) is 27.3. The van der Waals surface area contributed by atoms with Gasteiger partial charge in [-0.1, -0.05) is 20.8 Å². The molecule has 0 saturated carbocycles. The van der Waals surface area contributed by atoms with Gasteiger partial charge in [0.2, 0.25) is 17.5 Å². The normalized spacial score (nSPS) is 39.9. The number of rotatable bonds is 12. The van der Waals surface area contributed by atoms with Gasteiger partial charge < -0.3 is 85.7 Å². The average molecular weight is 1060 g/mol. The molecule has 2 spiro atoms. The predicted molar refractivity (Wildman–Crippen MR) is 254 cm³/mol. The Balaban J connectivity index is 1.14. The smallest absolute Gasteiger partial charge is 0.506 e. The Morgan fingerprint density at radius 2 is 1.58 bits per heavy atom. The lowest BCUT2D eigenvalue weighted by atomic mass is 9.77. The molecule has 8 aliphatic rings. The lowest BCUT2D eigenvalue weighted by Crippen LogP contribution is -2.72. The maximum absolute atomic E-state index is 15.3. The number of benzene rings is 2. The van der Waals surface area contributed by atoms with Gasteiger partial charge in [0.05, 0.1) is 36.9 Å². The van der Waals surface area contributed by atoms with Crippen LogP contribution in [-0.2, 0) is 75.6 Å². The topological polar surface area (TPSA) is 260 Å². The third kappa shape index (κ3) is 7.49. The van der Waals surface area contributed by atoms with E-state index in [0.29, 0.717) is 16.5 Å². The predicted octanol–water partition coefficient (Wildman–Crippen LogP) is 5.73. The molecular weight excluding hydrogens is 993 g/mol. The Kier molecular flexibility index (Phi) is 12.7. The van der Waals surface area contributed by atoms with Crippen LogP contribution in [0, 0.1) is 6.92 Å². The number of hydrogen-bond acceptors (Lipinski definition) is 22. The SMILES string of the molecule is COc1c2c(c(O)c3c4c(c(C)cc13)C1OC3(C(OC)OC)OC1[C@@](O[C@H]1C[C@@H](OC(C)=O)[C@]5(OC(=O)O[C@@H]5C)[C@H](C)O1)(O4)[C@@]31CO1)C(=O)[C@@H](O[Si](C)(C)C(C)(C)C)C[C@@H]2O[C@H]1C[C@@](C)(O)[C@H](OC(C)=O)[C@H](C)O1. The van der Waals surface area contributed by atoms with Crippen molar-refractivity contribution in [1.29, 1.82) is 0 Å². The summed E-state index contributed by atoms with van der Waals surface area (Å²) in [5, 5.41) is 24.8. The summed E-state index contributed by atoms with van der Waals surface area (Å²) in [6, 6.07) is 1.79. The molecule has 2 bridgehead atoms. The first kappa shape index (κ1) is 53.2. The molecule has 2 aromatic rings. The number of esters is 2. The number of aryl methyl sites for hydroxylation is 1. The molecule has 7 aliphatic heterocycles. The molecule has 74 heavy (non-hydrogen) atoms. The molecule has 408 valence electrons. The standard InChI is InChI=1S/C51H68O22Si/c1-21-16-27-34(38(55)36-35(39(27)58-11)28(17-29(37(36)54)73-74(14,15)46(7,8)9)67-32-19-47(10,57)42(22(2)62-32)66-26(6)53)40-33(21)41-43-50(69-40,48(20-61-48)51(70-41,71-43)44(59-12)60-13)68-31-18-30(65-25(5)52)49(23(3)63-31)24(4)64-45(56)72-49/h16,22-24,28-32,41-44,55,57H,17-20H2,1-15H3/t22-,23-,24+,28-,29-,30+,31-,32-,41?,42+,43?,47+,48-,49-,50+,51?/m0/s1. The van der Waals surface area contributed by atoms with Crippen molar-refractivity contribution in [3.05, 3.63) is 28.3 Å². The van der Waals surface area contributed by atoms with Crippen LogP contribution in [0.1, 0.15) is 121 Å². The summed E-state index contributed by atoms with van der Waals surface area (Å²) in [5.74, 6) is -5.91. The second kappa shape index (κ2) is 17.6. The van der Waals surface area contributed by atoms with Crippen LogP contribution in [0.3, 0.4) is 0 Å². The molecule has 23 heteroatoms. The summed E-state index contributed by atoms with van der Waals surface area (Å²) in [4.78, 5) is 52.8. The lowest BCUT2D eigenvalue weighted by Gasteiger charge is -2.52. The lowest BCUT2D eigenvalue weighted by molar-refractivity contribution is -0.387. The van der Waals surface area contributed by atoms with Crippen LogP contribution in [0.15, 0.2) is 6.07 Å². The van der Waals surface area contributed by atoms with Gasteiger partial charge in [0.1, 0.15) is 47.3 Å². The number of epoxide rings is 1. The number of phenols is 1. The zero-order valence-corrected chi connectivity index (χ0v) is 45.4. The molecule has 2 aromatic carbocycles. The molecule has 22 nitrogen and oxygen atoms in total. The number of ketones is 1. The van der Waals surface area contributed by atoms with Gasteiger partial charge in [-0.15, -0.1) is 0 Å². The molecule has 6 fully saturated rings. The maximum atomic E-state index is 15.3. The Hall–Kier alpha value is -4.24. The van der Waals surface area contributed by atoms with E-state index in [0.717, 1.165) is 0 Å². The minimum Gasteiger partial charge on any atom is -0.506 e. The van der Waals surface area contributed by atoms with Crippen LogP contribution in [0.25, 0.3) is 10.8 Å². The minimum absolute atomic E-state index is 0.0165. The fourth-order valence-electron chi connectivity index (χ4n) is 12.5. The van der Waals surface area contributed by atoms with Crippen LogP contribution in [-0.4, -0.2) is 160 Å². The van der Waals surface area contributed by atoms with E-state index in [4.69, 9.17) is 75.5 Å². The first-order valence-corrected chi connectivity index (χ1v) is 27.9. The summed E-state index contributed by atoms with van der Waals surface area (Å²) < 4.78 is 102. The van der Waals surface area contributed by atoms with Crippen molar-refractivity contribution in [2.24, 2.45) is 0 Å². The average Bonchev–Trinajstić information content (AvgIpc) is 3.87.